The highest BCUT2D eigenvalue weighted by Gasteiger charge is 2.68. The standard InChI is InChI=1S/C23H32F3NO2/c1-20-10-8-18-16(17(20)7-5-14(20)9-11-27)6-4-15-12-22(28,23(24,25)26)19(29-3)13-21(15,18)2/h9,15-19,28H,4-8,10,12-13H2,1-3H3/b14-9-/t15?,16-,17-,18-,19-,20+,21-,22-/m0/s1. The Hall–Kier alpha value is -1.06. The van der Waals surface area contributed by atoms with Gasteiger partial charge >= 0.3 is 6.18 Å². The van der Waals surface area contributed by atoms with Crippen LogP contribution in [0.2, 0.25) is 0 Å². The Morgan fingerprint density at radius 2 is 1.86 bits per heavy atom. The van der Waals surface area contributed by atoms with Crippen molar-refractivity contribution in [1.29, 1.82) is 5.26 Å². The topological polar surface area (TPSA) is 53.2 Å². The first kappa shape index (κ1) is 21.2. The van der Waals surface area contributed by atoms with Gasteiger partial charge in [0.15, 0.2) is 5.60 Å². The van der Waals surface area contributed by atoms with Gasteiger partial charge < -0.3 is 9.84 Å². The Morgan fingerprint density at radius 1 is 1.14 bits per heavy atom. The molecule has 4 rings (SSSR count). The fourth-order valence-electron chi connectivity index (χ4n) is 8.00. The van der Waals surface area contributed by atoms with Gasteiger partial charge in [0.1, 0.15) is 0 Å². The predicted octanol–water partition coefficient (Wildman–Crippen LogP) is 5.40. The van der Waals surface area contributed by atoms with E-state index in [1.54, 1.807) is 6.08 Å². The van der Waals surface area contributed by atoms with Crippen LogP contribution in [0.15, 0.2) is 11.6 Å². The maximum absolute atomic E-state index is 13.8. The summed E-state index contributed by atoms with van der Waals surface area (Å²) < 4.78 is 46.5. The summed E-state index contributed by atoms with van der Waals surface area (Å²) in [5.41, 5.74) is -1.68. The third-order valence-electron chi connectivity index (χ3n) is 9.64. The molecule has 162 valence electrons. The molecule has 0 aromatic carbocycles. The van der Waals surface area contributed by atoms with Gasteiger partial charge in [-0.25, -0.2) is 0 Å². The lowest BCUT2D eigenvalue weighted by Gasteiger charge is -2.62. The molecule has 0 heterocycles. The molecule has 4 saturated carbocycles. The lowest BCUT2D eigenvalue weighted by Crippen LogP contribution is -2.65. The van der Waals surface area contributed by atoms with Crippen molar-refractivity contribution >= 4 is 0 Å². The van der Waals surface area contributed by atoms with Crippen molar-refractivity contribution in [2.24, 2.45) is 34.5 Å². The average Bonchev–Trinajstić information content (AvgIpc) is 2.98. The number of ether oxygens (including phenoxy) is 1. The SMILES string of the molecule is CO[C@H]1C[C@@]2(C)C(CC[C@@H]3[C@@H]2CC[C@]2(C)/C(=C\C#N)CC[C@@H]32)C[C@@]1(O)C(F)(F)F. The largest absolute Gasteiger partial charge is 0.419 e. The number of nitriles is 1. The van der Waals surface area contributed by atoms with Gasteiger partial charge in [0.25, 0.3) is 0 Å². The van der Waals surface area contributed by atoms with Crippen LogP contribution in [0, 0.1) is 45.8 Å². The van der Waals surface area contributed by atoms with E-state index in [2.05, 4.69) is 19.9 Å². The van der Waals surface area contributed by atoms with Crippen LogP contribution in [0.5, 0.6) is 0 Å². The van der Waals surface area contributed by atoms with Crippen molar-refractivity contribution in [3.8, 4) is 6.07 Å². The van der Waals surface area contributed by atoms with Gasteiger partial charge in [-0.3, -0.25) is 0 Å². The molecule has 3 nitrogen and oxygen atoms in total. The van der Waals surface area contributed by atoms with Crippen molar-refractivity contribution in [1.82, 2.24) is 0 Å². The van der Waals surface area contributed by atoms with Crippen LogP contribution in [0.1, 0.15) is 65.2 Å². The van der Waals surface area contributed by atoms with Gasteiger partial charge in [0.2, 0.25) is 0 Å². The van der Waals surface area contributed by atoms with E-state index in [-0.39, 0.29) is 29.6 Å². The normalized spacial score (nSPS) is 51.1. The fourth-order valence-corrected chi connectivity index (χ4v) is 8.00. The Bertz CT molecular complexity index is 743. The first-order valence-electron chi connectivity index (χ1n) is 10.9. The van der Waals surface area contributed by atoms with Crippen LogP contribution >= 0.6 is 0 Å². The summed E-state index contributed by atoms with van der Waals surface area (Å²) in [7, 11) is 1.29. The molecule has 0 spiro atoms. The summed E-state index contributed by atoms with van der Waals surface area (Å²) >= 11 is 0. The zero-order valence-corrected chi connectivity index (χ0v) is 17.6. The van der Waals surface area contributed by atoms with Gasteiger partial charge in [-0.15, -0.1) is 0 Å². The lowest BCUT2D eigenvalue weighted by molar-refractivity contribution is -0.325. The third-order valence-corrected chi connectivity index (χ3v) is 9.64. The van der Waals surface area contributed by atoms with E-state index in [0.717, 1.165) is 38.5 Å². The predicted molar refractivity (Wildman–Crippen MR) is 103 cm³/mol. The number of fused-ring (bicyclic) bond motifs is 5. The Kier molecular flexibility index (Phi) is 4.91. The van der Waals surface area contributed by atoms with Gasteiger partial charge in [0, 0.05) is 13.2 Å². The molecule has 1 N–H and O–H groups in total. The molecule has 29 heavy (non-hydrogen) atoms. The molecule has 0 amide bonds. The number of halogens is 3. The molecular formula is C23H32F3NO2. The second-order valence-corrected chi connectivity index (χ2v) is 10.5. The van der Waals surface area contributed by atoms with Crippen LogP contribution in [-0.4, -0.2) is 30.1 Å². The van der Waals surface area contributed by atoms with Crippen molar-refractivity contribution in [2.75, 3.05) is 7.11 Å². The smallest absolute Gasteiger partial charge is 0.378 e. The molecule has 1 unspecified atom stereocenters. The van der Waals surface area contributed by atoms with Crippen molar-refractivity contribution in [3.63, 3.8) is 0 Å². The number of nitrogens with zero attached hydrogens (tertiary/aromatic N) is 1. The Labute approximate surface area is 171 Å². The van der Waals surface area contributed by atoms with E-state index in [0.29, 0.717) is 17.8 Å². The maximum atomic E-state index is 13.8. The highest BCUT2D eigenvalue weighted by Crippen LogP contribution is 2.68. The summed E-state index contributed by atoms with van der Waals surface area (Å²) in [4.78, 5) is 0. The molecule has 4 aliphatic carbocycles. The van der Waals surface area contributed by atoms with Crippen LogP contribution < -0.4 is 0 Å². The lowest BCUT2D eigenvalue weighted by atomic mass is 9.43. The molecule has 0 saturated heterocycles. The summed E-state index contributed by atoms with van der Waals surface area (Å²) in [6, 6.07) is 2.22. The molecular weight excluding hydrogens is 379 g/mol. The quantitative estimate of drug-likeness (QED) is 0.588. The van der Waals surface area contributed by atoms with Gasteiger partial charge in [-0.1, -0.05) is 19.4 Å². The molecule has 0 radical (unpaired) electrons. The number of methoxy groups -OCH3 is 1. The minimum atomic E-state index is -4.68. The number of alkyl halides is 3. The van der Waals surface area contributed by atoms with E-state index in [4.69, 9.17) is 4.74 Å². The van der Waals surface area contributed by atoms with Crippen LogP contribution in [0.25, 0.3) is 0 Å². The first-order valence-corrected chi connectivity index (χ1v) is 10.9. The van der Waals surface area contributed by atoms with E-state index in [1.807, 2.05) is 0 Å². The number of rotatable bonds is 1. The molecule has 0 bridgehead atoms. The monoisotopic (exact) mass is 411 g/mol. The molecule has 4 fully saturated rings. The first-order chi connectivity index (χ1) is 13.5. The highest BCUT2D eigenvalue weighted by atomic mass is 19.4. The summed E-state index contributed by atoms with van der Waals surface area (Å²) in [6.45, 7) is 4.44. The zero-order valence-electron chi connectivity index (χ0n) is 17.6. The molecule has 6 heteroatoms. The van der Waals surface area contributed by atoms with Gasteiger partial charge in [-0.2, -0.15) is 18.4 Å². The molecule has 4 aliphatic rings. The number of aliphatic hydroxyl groups is 1. The highest BCUT2D eigenvalue weighted by molar-refractivity contribution is 5.28. The molecule has 0 aliphatic heterocycles. The Balaban J connectivity index is 1.65. The second kappa shape index (κ2) is 6.72. The van der Waals surface area contributed by atoms with Crippen LogP contribution in [0.3, 0.4) is 0 Å². The summed E-state index contributed by atoms with van der Waals surface area (Å²) in [6.07, 6.45) is 1.52. The number of hydrogen-bond acceptors (Lipinski definition) is 3. The summed E-state index contributed by atoms with van der Waals surface area (Å²) in [5.74, 6) is 1.20. The zero-order chi connectivity index (χ0) is 21.2. The molecule has 8 atom stereocenters. The van der Waals surface area contributed by atoms with Gasteiger partial charge in [0.05, 0.1) is 12.2 Å². The van der Waals surface area contributed by atoms with Crippen molar-refractivity contribution in [3.05, 3.63) is 11.6 Å². The van der Waals surface area contributed by atoms with Crippen molar-refractivity contribution in [2.45, 2.75) is 83.1 Å². The van der Waals surface area contributed by atoms with E-state index >= 15 is 0 Å². The van der Waals surface area contributed by atoms with Crippen LogP contribution in [0.4, 0.5) is 13.2 Å². The van der Waals surface area contributed by atoms with Gasteiger partial charge in [-0.05, 0) is 85.9 Å². The second-order valence-electron chi connectivity index (χ2n) is 10.5. The van der Waals surface area contributed by atoms with E-state index in [1.165, 1.54) is 12.7 Å². The number of hydrogen-bond donors (Lipinski definition) is 1. The van der Waals surface area contributed by atoms with E-state index < -0.39 is 17.9 Å². The van der Waals surface area contributed by atoms with Crippen molar-refractivity contribution < 1.29 is 23.0 Å². The Morgan fingerprint density at radius 3 is 2.48 bits per heavy atom. The van der Waals surface area contributed by atoms with E-state index in [9.17, 15) is 23.5 Å². The summed E-state index contributed by atoms with van der Waals surface area (Å²) in [5, 5.41) is 19.8. The minimum absolute atomic E-state index is 0.0577. The molecule has 0 aromatic heterocycles. The van der Waals surface area contributed by atoms with Crippen LogP contribution in [-0.2, 0) is 4.74 Å². The average molecular weight is 412 g/mol. The number of allylic oxidation sites excluding steroid dienone is 2. The third kappa shape index (κ3) is 2.83. The molecule has 0 aromatic rings. The maximum Gasteiger partial charge on any atom is 0.419 e. The fraction of sp³-hybridized carbons (Fsp3) is 0.870. The minimum Gasteiger partial charge on any atom is -0.378 e.